The van der Waals surface area contributed by atoms with Gasteiger partial charge in [0.25, 0.3) is 0 Å². The van der Waals surface area contributed by atoms with Crippen molar-refractivity contribution >= 4 is 39.1 Å². The maximum absolute atomic E-state index is 5.80. The average Bonchev–Trinajstić information content (AvgIpc) is 1.95. The molecule has 0 fully saturated rings. The summed E-state index contributed by atoms with van der Waals surface area (Å²) >= 11 is 14.6. The van der Waals surface area contributed by atoms with Crippen LogP contribution in [0.1, 0.15) is 5.56 Å². The summed E-state index contributed by atoms with van der Waals surface area (Å²) in [5.74, 6) is 0.417. The van der Waals surface area contributed by atoms with Gasteiger partial charge in [0, 0.05) is 12.1 Å². The average molecular weight is 241 g/mol. The van der Waals surface area contributed by atoms with E-state index < -0.39 is 0 Å². The first-order valence-electron chi connectivity index (χ1n) is 2.60. The van der Waals surface area contributed by atoms with Crippen LogP contribution in [0.5, 0.6) is 0 Å². The molecule has 1 rings (SSSR count). The van der Waals surface area contributed by atoms with Gasteiger partial charge in [-0.3, -0.25) is 0 Å². The number of nitrogens with zero attached hydrogens (tertiary/aromatic N) is 1. The Labute approximate surface area is 77.5 Å². The quantitative estimate of drug-likeness (QED) is 0.543. The van der Waals surface area contributed by atoms with Gasteiger partial charge in [-0.15, -0.1) is 11.6 Å². The lowest BCUT2D eigenvalue weighted by molar-refractivity contribution is 1.23. The molecule has 0 atom stereocenters. The zero-order valence-electron chi connectivity index (χ0n) is 4.94. The highest BCUT2D eigenvalue weighted by atomic mass is 79.9. The number of halogens is 3. The van der Waals surface area contributed by atoms with Gasteiger partial charge in [-0.25, -0.2) is 4.98 Å². The molecule has 0 radical (unpaired) electrons. The topological polar surface area (TPSA) is 12.9 Å². The minimum Gasteiger partial charge on any atom is -0.248 e. The Bertz CT molecular complexity index is 239. The first kappa shape index (κ1) is 8.31. The van der Waals surface area contributed by atoms with Gasteiger partial charge < -0.3 is 0 Å². The molecule has 0 saturated carbocycles. The second kappa shape index (κ2) is 3.56. The third kappa shape index (κ3) is 1.62. The number of hydrogen-bond acceptors (Lipinski definition) is 1. The summed E-state index contributed by atoms with van der Waals surface area (Å²) < 4.78 is 0.646. The number of pyridine rings is 1. The molecule has 54 valence electrons. The number of aromatic nitrogens is 1. The second-order valence-electron chi connectivity index (χ2n) is 1.71. The Hall–Kier alpha value is 0.210. The molecule has 0 aromatic carbocycles. The SMILES string of the molecule is ClCc1ccnc(Br)c1Cl. The monoisotopic (exact) mass is 239 g/mol. The Morgan fingerprint density at radius 3 is 2.80 bits per heavy atom. The summed E-state index contributed by atoms with van der Waals surface area (Å²) in [5, 5.41) is 0.595. The zero-order valence-corrected chi connectivity index (χ0v) is 8.04. The molecular weight excluding hydrogens is 237 g/mol. The molecule has 0 unspecified atom stereocenters. The van der Waals surface area contributed by atoms with Crippen LogP contribution >= 0.6 is 39.1 Å². The van der Waals surface area contributed by atoms with Crippen molar-refractivity contribution in [1.29, 1.82) is 0 Å². The number of hydrogen-bond donors (Lipinski definition) is 0. The third-order valence-electron chi connectivity index (χ3n) is 1.07. The number of rotatable bonds is 1. The molecule has 0 saturated heterocycles. The van der Waals surface area contributed by atoms with Crippen LogP contribution in [-0.4, -0.2) is 4.98 Å². The Kier molecular flexibility index (Phi) is 2.96. The highest BCUT2D eigenvalue weighted by Gasteiger charge is 2.01. The van der Waals surface area contributed by atoms with E-state index in [0.29, 0.717) is 15.5 Å². The Morgan fingerprint density at radius 1 is 1.60 bits per heavy atom. The van der Waals surface area contributed by atoms with Gasteiger partial charge in [0.05, 0.1) is 5.02 Å². The molecule has 0 aliphatic rings. The highest BCUT2D eigenvalue weighted by molar-refractivity contribution is 9.10. The van der Waals surface area contributed by atoms with Crippen LogP contribution in [0.4, 0.5) is 0 Å². The summed E-state index contributed by atoms with van der Waals surface area (Å²) in [6.45, 7) is 0. The van der Waals surface area contributed by atoms with Crippen LogP contribution < -0.4 is 0 Å². The van der Waals surface area contributed by atoms with Crippen molar-refractivity contribution in [3.8, 4) is 0 Å². The van der Waals surface area contributed by atoms with E-state index in [0.717, 1.165) is 5.56 Å². The summed E-state index contributed by atoms with van der Waals surface area (Å²) in [6.07, 6.45) is 1.66. The van der Waals surface area contributed by atoms with Crippen LogP contribution in [0, 0.1) is 0 Å². The smallest absolute Gasteiger partial charge is 0.124 e. The molecule has 0 spiro atoms. The lowest BCUT2D eigenvalue weighted by atomic mass is 10.3. The van der Waals surface area contributed by atoms with Gasteiger partial charge in [-0.2, -0.15) is 0 Å². The Balaban J connectivity index is 3.14. The van der Waals surface area contributed by atoms with Crippen LogP contribution in [0.3, 0.4) is 0 Å². The molecule has 10 heavy (non-hydrogen) atoms. The van der Waals surface area contributed by atoms with Gasteiger partial charge in [-0.1, -0.05) is 11.6 Å². The molecule has 0 aliphatic heterocycles. The molecular formula is C6H4BrCl2N. The first-order chi connectivity index (χ1) is 4.75. The minimum atomic E-state index is 0.417. The van der Waals surface area contributed by atoms with Crippen LogP contribution in [0.15, 0.2) is 16.9 Å². The van der Waals surface area contributed by atoms with E-state index >= 15 is 0 Å². The van der Waals surface area contributed by atoms with Crippen molar-refractivity contribution in [3.05, 3.63) is 27.5 Å². The fourth-order valence-electron chi connectivity index (χ4n) is 0.558. The van der Waals surface area contributed by atoms with Crippen molar-refractivity contribution in [2.24, 2.45) is 0 Å². The minimum absolute atomic E-state index is 0.417. The zero-order chi connectivity index (χ0) is 7.56. The van der Waals surface area contributed by atoms with Crippen molar-refractivity contribution in [2.75, 3.05) is 0 Å². The molecule has 1 aromatic rings. The standard InChI is InChI=1S/C6H4BrCl2N/c7-6-5(9)4(3-8)1-2-10-6/h1-2H,3H2. The van der Waals surface area contributed by atoms with E-state index in [1.54, 1.807) is 12.3 Å². The third-order valence-corrected chi connectivity index (χ3v) is 2.61. The van der Waals surface area contributed by atoms with E-state index in [1.807, 2.05) is 0 Å². The van der Waals surface area contributed by atoms with Gasteiger partial charge in [-0.05, 0) is 27.6 Å². The van der Waals surface area contributed by atoms with E-state index in [2.05, 4.69) is 20.9 Å². The van der Waals surface area contributed by atoms with Gasteiger partial charge in [0.2, 0.25) is 0 Å². The molecule has 0 N–H and O–H groups in total. The number of alkyl halides is 1. The Morgan fingerprint density at radius 2 is 2.30 bits per heavy atom. The molecule has 1 heterocycles. The van der Waals surface area contributed by atoms with E-state index in [1.165, 1.54) is 0 Å². The lowest BCUT2D eigenvalue weighted by Gasteiger charge is -1.98. The van der Waals surface area contributed by atoms with E-state index in [9.17, 15) is 0 Å². The van der Waals surface area contributed by atoms with Crippen molar-refractivity contribution in [2.45, 2.75) is 5.88 Å². The van der Waals surface area contributed by atoms with Crippen molar-refractivity contribution in [1.82, 2.24) is 4.98 Å². The molecule has 0 aliphatic carbocycles. The molecule has 1 nitrogen and oxygen atoms in total. The van der Waals surface area contributed by atoms with Crippen LogP contribution in [0.2, 0.25) is 5.02 Å². The highest BCUT2D eigenvalue weighted by Crippen LogP contribution is 2.24. The lowest BCUT2D eigenvalue weighted by Crippen LogP contribution is -1.83. The summed E-state index contributed by atoms with van der Waals surface area (Å²) in [6, 6.07) is 1.79. The van der Waals surface area contributed by atoms with Gasteiger partial charge in [0.15, 0.2) is 0 Å². The largest absolute Gasteiger partial charge is 0.248 e. The van der Waals surface area contributed by atoms with Gasteiger partial charge in [0.1, 0.15) is 4.60 Å². The van der Waals surface area contributed by atoms with Crippen molar-refractivity contribution < 1.29 is 0 Å². The van der Waals surface area contributed by atoms with E-state index in [-0.39, 0.29) is 0 Å². The van der Waals surface area contributed by atoms with Crippen LogP contribution in [0.25, 0.3) is 0 Å². The first-order valence-corrected chi connectivity index (χ1v) is 4.31. The fourth-order valence-corrected chi connectivity index (χ4v) is 1.40. The molecule has 0 bridgehead atoms. The predicted molar refractivity (Wildman–Crippen MR) is 46.5 cm³/mol. The normalized spacial score (nSPS) is 9.90. The van der Waals surface area contributed by atoms with E-state index in [4.69, 9.17) is 23.2 Å². The summed E-state index contributed by atoms with van der Waals surface area (Å²) in [5.41, 5.74) is 0.894. The maximum atomic E-state index is 5.80. The maximum Gasteiger partial charge on any atom is 0.124 e. The summed E-state index contributed by atoms with van der Waals surface area (Å²) in [7, 11) is 0. The molecule has 0 amide bonds. The van der Waals surface area contributed by atoms with Gasteiger partial charge >= 0.3 is 0 Å². The second-order valence-corrected chi connectivity index (χ2v) is 3.10. The van der Waals surface area contributed by atoms with Crippen LogP contribution in [-0.2, 0) is 5.88 Å². The fraction of sp³-hybridized carbons (Fsp3) is 0.167. The summed E-state index contributed by atoms with van der Waals surface area (Å²) in [4.78, 5) is 3.91. The molecule has 4 heteroatoms. The molecule has 1 aromatic heterocycles. The predicted octanol–water partition coefficient (Wildman–Crippen LogP) is 3.24. The van der Waals surface area contributed by atoms with Crippen molar-refractivity contribution in [3.63, 3.8) is 0 Å².